The summed E-state index contributed by atoms with van der Waals surface area (Å²) in [7, 11) is 0. The van der Waals surface area contributed by atoms with E-state index in [4.69, 9.17) is 16.7 Å². The van der Waals surface area contributed by atoms with Crippen LogP contribution in [-0.4, -0.2) is 39.5 Å². The van der Waals surface area contributed by atoms with Crippen LogP contribution in [0.2, 0.25) is 5.15 Å². The first-order valence-corrected chi connectivity index (χ1v) is 5.70. The molecular weight excluding hydrogens is 263 g/mol. The number of hydrogen-bond acceptors (Lipinski definition) is 3. The molecule has 7 heteroatoms. The molecule has 1 amide bonds. The summed E-state index contributed by atoms with van der Waals surface area (Å²) in [5.74, 6) is -2.40. The summed E-state index contributed by atoms with van der Waals surface area (Å²) in [6.07, 6.45) is 2.40. The fourth-order valence-corrected chi connectivity index (χ4v) is 1.81. The highest BCUT2D eigenvalue weighted by molar-refractivity contribution is 6.32. The number of carboxylic acids is 1. The van der Waals surface area contributed by atoms with Gasteiger partial charge in [0.25, 0.3) is 5.91 Å². The summed E-state index contributed by atoms with van der Waals surface area (Å²) in [6, 6.07) is 0.863. The fraction of sp³-hybridized carbons (Fsp3) is 0.364. The van der Waals surface area contributed by atoms with E-state index in [2.05, 4.69) is 4.98 Å². The average Bonchev–Trinajstić information content (AvgIpc) is 3.12. The summed E-state index contributed by atoms with van der Waals surface area (Å²) >= 11 is 5.72. The molecule has 1 saturated carbocycles. The molecule has 0 spiro atoms. The van der Waals surface area contributed by atoms with Crippen molar-refractivity contribution >= 4 is 23.5 Å². The summed E-state index contributed by atoms with van der Waals surface area (Å²) in [5, 5.41) is 8.64. The highest BCUT2D eigenvalue weighted by Gasteiger charge is 2.35. The number of aliphatic carboxylic acids is 1. The van der Waals surface area contributed by atoms with Crippen molar-refractivity contribution in [3.8, 4) is 0 Å². The van der Waals surface area contributed by atoms with E-state index in [0.29, 0.717) is 0 Å². The van der Waals surface area contributed by atoms with Gasteiger partial charge < -0.3 is 10.0 Å². The van der Waals surface area contributed by atoms with Gasteiger partial charge in [-0.05, 0) is 18.9 Å². The maximum atomic E-state index is 13.0. The smallest absolute Gasteiger partial charge is 0.323 e. The van der Waals surface area contributed by atoms with Crippen LogP contribution in [-0.2, 0) is 4.79 Å². The quantitative estimate of drug-likeness (QED) is 0.845. The molecule has 0 atom stereocenters. The largest absolute Gasteiger partial charge is 0.480 e. The summed E-state index contributed by atoms with van der Waals surface area (Å²) in [5.41, 5.74) is -0.107. The van der Waals surface area contributed by atoms with E-state index in [1.54, 1.807) is 0 Å². The van der Waals surface area contributed by atoms with E-state index in [-0.39, 0.29) is 16.8 Å². The molecule has 1 aromatic heterocycles. The Bertz CT molecular complexity index is 505. The van der Waals surface area contributed by atoms with Crippen LogP contribution >= 0.6 is 11.6 Å². The van der Waals surface area contributed by atoms with E-state index < -0.39 is 24.2 Å². The van der Waals surface area contributed by atoms with Crippen molar-refractivity contribution in [2.24, 2.45) is 0 Å². The summed E-state index contributed by atoms with van der Waals surface area (Å²) in [4.78, 5) is 27.5. The Balaban J connectivity index is 2.27. The number of aromatic nitrogens is 1. The van der Waals surface area contributed by atoms with Gasteiger partial charge in [-0.15, -0.1) is 0 Å². The Morgan fingerprint density at radius 2 is 2.22 bits per heavy atom. The minimum Gasteiger partial charge on any atom is -0.480 e. The minimum absolute atomic E-state index is 0.104. The second-order valence-electron chi connectivity index (χ2n) is 4.05. The Morgan fingerprint density at radius 3 is 2.78 bits per heavy atom. The van der Waals surface area contributed by atoms with Crippen LogP contribution in [0.25, 0.3) is 0 Å². The van der Waals surface area contributed by atoms with E-state index >= 15 is 0 Å². The third-order valence-electron chi connectivity index (χ3n) is 2.59. The normalized spacial score (nSPS) is 14.3. The average molecular weight is 273 g/mol. The number of pyridine rings is 1. The second kappa shape index (κ2) is 4.89. The van der Waals surface area contributed by atoms with Crippen LogP contribution in [0.4, 0.5) is 4.39 Å². The van der Waals surface area contributed by atoms with Gasteiger partial charge in [0.05, 0.1) is 11.8 Å². The highest BCUT2D eigenvalue weighted by Crippen LogP contribution is 2.29. The fourth-order valence-electron chi connectivity index (χ4n) is 1.63. The maximum Gasteiger partial charge on any atom is 0.323 e. The van der Waals surface area contributed by atoms with E-state index in [1.807, 2.05) is 0 Å². The number of halogens is 2. The lowest BCUT2D eigenvalue weighted by Crippen LogP contribution is -2.37. The number of nitrogens with zero attached hydrogens (tertiary/aromatic N) is 2. The van der Waals surface area contributed by atoms with Gasteiger partial charge in [-0.25, -0.2) is 9.37 Å². The molecule has 0 aliphatic heterocycles. The third-order valence-corrected chi connectivity index (χ3v) is 2.89. The first-order valence-electron chi connectivity index (χ1n) is 5.33. The molecule has 1 heterocycles. The van der Waals surface area contributed by atoms with Gasteiger partial charge in [-0.2, -0.15) is 0 Å². The monoisotopic (exact) mass is 272 g/mol. The summed E-state index contributed by atoms with van der Waals surface area (Å²) in [6.45, 7) is -0.420. The Hall–Kier alpha value is -1.69. The topological polar surface area (TPSA) is 70.5 Å². The number of carbonyl (C=O) groups is 2. The first-order chi connectivity index (χ1) is 8.49. The molecule has 0 aromatic carbocycles. The van der Waals surface area contributed by atoms with Crippen LogP contribution in [0.15, 0.2) is 12.3 Å². The van der Waals surface area contributed by atoms with Crippen molar-refractivity contribution in [1.29, 1.82) is 0 Å². The Morgan fingerprint density at radius 1 is 1.56 bits per heavy atom. The predicted molar refractivity (Wildman–Crippen MR) is 60.9 cm³/mol. The highest BCUT2D eigenvalue weighted by atomic mass is 35.5. The van der Waals surface area contributed by atoms with Crippen molar-refractivity contribution in [2.75, 3.05) is 6.54 Å². The Labute approximate surface area is 107 Å². The van der Waals surface area contributed by atoms with Gasteiger partial charge in [-0.1, -0.05) is 11.6 Å². The van der Waals surface area contributed by atoms with Gasteiger partial charge in [-0.3, -0.25) is 9.59 Å². The van der Waals surface area contributed by atoms with E-state index in [9.17, 15) is 14.0 Å². The molecule has 1 aromatic rings. The molecular formula is C11H10ClFN2O3. The van der Waals surface area contributed by atoms with Gasteiger partial charge in [0, 0.05) is 6.04 Å². The van der Waals surface area contributed by atoms with Crippen LogP contribution in [0.1, 0.15) is 23.2 Å². The van der Waals surface area contributed by atoms with Gasteiger partial charge in [0.2, 0.25) is 0 Å². The minimum atomic E-state index is -1.12. The SMILES string of the molecule is O=C(O)CN(C(=O)c1cc(F)cnc1Cl)C1CC1. The summed E-state index contributed by atoms with van der Waals surface area (Å²) < 4.78 is 13.0. The zero-order valence-electron chi connectivity index (χ0n) is 9.27. The number of rotatable bonds is 4. The standard InChI is InChI=1S/C11H10ClFN2O3/c12-10-8(3-6(13)4-14-10)11(18)15(5-9(16)17)7-1-2-7/h3-4,7H,1-2,5H2,(H,16,17). The zero-order chi connectivity index (χ0) is 13.3. The van der Waals surface area contributed by atoms with Crippen LogP contribution in [0.3, 0.4) is 0 Å². The molecule has 1 fully saturated rings. The molecule has 1 aliphatic rings. The van der Waals surface area contributed by atoms with E-state index in [0.717, 1.165) is 25.1 Å². The van der Waals surface area contributed by atoms with Crippen molar-refractivity contribution in [3.05, 3.63) is 28.8 Å². The van der Waals surface area contributed by atoms with Crippen molar-refractivity contribution in [2.45, 2.75) is 18.9 Å². The number of carboxylic acid groups (broad SMARTS) is 1. The molecule has 2 rings (SSSR count). The van der Waals surface area contributed by atoms with Crippen LogP contribution in [0.5, 0.6) is 0 Å². The van der Waals surface area contributed by atoms with Crippen LogP contribution < -0.4 is 0 Å². The molecule has 0 bridgehead atoms. The van der Waals surface area contributed by atoms with Crippen molar-refractivity contribution in [1.82, 2.24) is 9.88 Å². The first kappa shape index (κ1) is 12.8. The predicted octanol–water partition coefficient (Wildman–Crippen LogP) is 1.56. The lowest BCUT2D eigenvalue weighted by molar-refractivity contribution is -0.137. The van der Waals surface area contributed by atoms with Gasteiger partial charge >= 0.3 is 5.97 Å². The molecule has 1 aliphatic carbocycles. The van der Waals surface area contributed by atoms with Crippen molar-refractivity contribution < 1.29 is 19.1 Å². The molecule has 1 N–H and O–H groups in total. The second-order valence-corrected chi connectivity index (χ2v) is 4.41. The van der Waals surface area contributed by atoms with Gasteiger partial charge in [0.15, 0.2) is 0 Å². The zero-order valence-corrected chi connectivity index (χ0v) is 10.0. The van der Waals surface area contributed by atoms with E-state index in [1.165, 1.54) is 4.90 Å². The number of hydrogen-bond donors (Lipinski definition) is 1. The van der Waals surface area contributed by atoms with Crippen LogP contribution in [0, 0.1) is 5.82 Å². The maximum absolute atomic E-state index is 13.0. The number of amides is 1. The number of carbonyl (C=O) groups excluding carboxylic acids is 1. The molecule has 0 unspecified atom stereocenters. The molecule has 5 nitrogen and oxygen atoms in total. The van der Waals surface area contributed by atoms with Crippen molar-refractivity contribution in [3.63, 3.8) is 0 Å². The lowest BCUT2D eigenvalue weighted by Gasteiger charge is -2.20. The lowest BCUT2D eigenvalue weighted by atomic mass is 10.2. The van der Waals surface area contributed by atoms with Gasteiger partial charge in [0.1, 0.15) is 17.5 Å². The molecule has 0 radical (unpaired) electrons. The molecule has 0 saturated heterocycles. The Kier molecular flexibility index (Phi) is 3.47. The molecule has 18 heavy (non-hydrogen) atoms. The molecule has 96 valence electrons. The third kappa shape index (κ3) is 2.76.